The van der Waals surface area contributed by atoms with Crippen molar-refractivity contribution in [3.05, 3.63) is 63.6 Å². The molecule has 0 bridgehead atoms. The number of hydrogen-bond donors (Lipinski definition) is 0. The lowest BCUT2D eigenvalue weighted by Gasteiger charge is -2.26. The van der Waals surface area contributed by atoms with Crippen molar-refractivity contribution in [1.82, 2.24) is 0 Å². The van der Waals surface area contributed by atoms with E-state index in [4.69, 9.17) is 4.74 Å². The molecule has 0 N–H and O–H groups in total. The molecule has 3 rings (SSSR count). The van der Waals surface area contributed by atoms with Crippen molar-refractivity contribution in [3.8, 4) is 5.75 Å². The predicted molar refractivity (Wildman–Crippen MR) is 72.8 cm³/mol. The van der Waals surface area contributed by atoms with Gasteiger partial charge >= 0.3 is 0 Å². The molecular formula is C15H9BrF2O2. The van der Waals surface area contributed by atoms with Gasteiger partial charge in [-0.2, -0.15) is 0 Å². The molecule has 2 aromatic carbocycles. The summed E-state index contributed by atoms with van der Waals surface area (Å²) in [6, 6.07) is 8.18. The van der Waals surface area contributed by atoms with Crippen LogP contribution in [0, 0.1) is 11.6 Å². The fourth-order valence-corrected chi connectivity index (χ4v) is 2.57. The molecule has 2 aromatic rings. The number of Topliss-reactive ketones (excluding diaryl/α,β-unsaturated/α-hetero) is 1. The van der Waals surface area contributed by atoms with Gasteiger partial charge in [0.25, 0.3) is 0 Å². The molecule has 0 fully saturated rings. The van der Waals surface area contributed by atoms with Gasteiger partial charge in [-0.25, -0.2) is 8.78 Å². The number of fused-ring (bicyclic) bond motifs is 1. The van der Waals surface area contributed by atoms with Crippen LogP contribution >= 0.6 is 15.9 Å². The summed E-state index contributed by atoms with van der Waals surface area (Å²) < 4.78 is 33.4. The van der Waals surface area contributed by atoms with Crippen LogP contribution in [-0.2, 0) is 0 Å². The summed E-state index contributed by atoms with van der Waals surface area (Å²) in [6.45, 7) is 0. The minimum Gasteiger partial charge on any atom is -0.484 e. The number of rotatable bonds is 1. The van der Waals surface area contributed by atoms with E-state index in [0.29, 0.717) is 11.3 Å². The van der Waals surface area contributed by atoms with Gasteiger partial charge in [0.15, 0.2) is 5.78 Å². The van der Waals surface area contributed by atoms with Crippen LogP contribution in [0.3, 0.4) is 0 Å². The van der Waals surface area contributed by atoms with Crippen molar-refractivity contribution < 1.29 is 18.3 Å². The largest absolute Gasteiger partial charge is 0.484 e. The number of benzene rings is 2. The molecule has 1 unspecified atom stereocenters. The Morgan fingerprint density at radius 1 is 1.15 bits per heavy atom. The molecule has 2 nitrogen and oxygen atoms in total. The fraction of sp³-hybridized carbons (Fsp3) is 0.133. The van der Waals surface area contributed by atoms with Gasteiger partial charge in [-0.3, -0.25) is 4.79 Å². The first-order chi connectivity index (χ1) is 9.54. The lowest BCUT2D eigenvalue weighted by molar-refractivity contribution is 0.0845. The van der Waals surface area contributed by atoms with E-state index in [9.17, 15) is 13.6 Å². The van der Waals surface area contributed by atoms with Gasteiger partial charge < -0.3 is 4.74 Å². The Labute approximate surface area is 122 Å². The van der Waals surface area contributed by atoms with Crippen molar-refractivity contribution in [2.45, 2.75) is 12.5 Å². The van der Waals surface area contributed by atoms with Gasteiger partial charge in [0.2, 0.25) is 0 Å². The molecule has 0 amide bonds. The maximum absolute atomic E-state index is 13.8. The summed E-state index contributed by atoms with van der Waals surface area (Å²) in [7, 11) is 0. The Hall–Kier alpha value is -1.75. The maximum atomic E-state index is 13.8. The summed E-state index contributed by atoms with van der Waals surface area (Å²) in [6.07, 6.45) is -0.811. The Bertz CT molecular complexity index is 700. The summed E-state index contributed by atoms with van der Waals surface area (Å²) in [5.74, 6) is -0.906. The number of carbonyl (C=O) groups excluding carboxylic acids is 1. The second kappa shape index (κ2) is 4.98. The van der Waals surface area contributed by atoms with E-state index in [1.807, 2.05) is 0 Å². The first-order valence-corrected chi connectivity index (χ1v) is 6.78. The maximum Gasteiger partial charge on any atom is 0.170 e. The topological polar surface area (TPSA) is 26.3 Å². The van der Waals surface area contributed by atoms with Gasteiger partial charge in [0, 0.05) is 10.0 Å². The molecule has 0 spiro atoms. The van der Waals surface area contributed by atoms with E-state index in [0.717, 1.165) is 22.7 Å². The Morgan fingerprint density at radius 2 is 1.95 bits per heavy atom. The predicted octanol–water partition coefficient (Wildman–Crippen LogP) is 4.43. The molecule has 0 saturated carbocycles. The molecule has 102 valence electrons. The van der Waals surface area contributed by atoms with Crippen LogP contribution in [0.15, 0.2) is 40.9 Å². The molecule has 1 heterocycles. The highest BCUT2D eigenvalue weighted by Crippen LogP contribution is 2.37. The molecule has 0 aliphatic carbocycles. The van der Waals surface area contributed by atoms with Crippen LogP contribution in [-0.4, -0.2) is 5.78 Å². The second-order valence-electron chi connectivity index (χ2n) is 4.54. The second-order valence-corrected chi connectivity index (χ2v) is 5.46. The van der Waals surface area contributed by atoms with E-state index < -0.39 is 17.7 Å². The van der Waals surface area contributed by atoms with E-state index in [1.54, 1.807) is 18.2 Å². The van der Waals surface area contributed by atoms with Gasteiger partial charge in [-0.1, -0.05) is 15.9 Å². The average molecular weight is 339 g/mol. The molecular weight excluding hydrogens is 330 g/mol. The van der Waals surface area contributed by atoms with Crippen LogP contribution in [0.5, 0.6) is 5.75 Å². The third-order valence-corrected chi connectivity index (χ3v) is 3.68. The zero-order valence-electron chi connectivity index (χ0n) is 10.2. The van der Waals surface area contributed by atoms with Crippen LogP contribution in [0.25, 0.3) is 0 Å². The summed E-state index contributed by atoms with van der Waals surface area (Å²) in [4.78, 5) is 12.1. The van der Waals surface area contributed by atoms with Gasteiger partial charge in [-0.15, -0.1) is 0 Å². The van der Waals surface area contributed by atoms with Crippen molar-refractivity contribution in [2.75, 3.05) is 0 Å². The first-order valence-electron chi connectivity index (χ1n) is 5.99. The monoisotopic (exact) mass is 338 g/mol. The molecule has 0 aromatic heterocycles. The van der Waals surface area contributed by atoms with Crippen LogP contribution in [0.1, 0.15) is 28.4 Å². The van der Waals surface area contributed by atoms with E-state index >= 15 is 0 Å². The number of halogens is 3. The van der Waals surface area contributed by atoms with Crippen molar-refractivity contribution >= 4 is 21.7 Å². The molecule has 1 atom stereocenters. The highest BCUT2D eigenvalue weighted by molar-refractivity contribution is 9.10. The molecule has 0 radical (unpaired) electrons. The quantitative estimate of drug-likeness (QED) is 0.768. The Kier molecular flexibility index (Phi) is 3.30. The minimum absolute atomic E-state index is 0.00495. The molecule has 1 aliphatic rings. The van der Waals surface area contributed by atoms with Gasteiger partial charge in [-0.05, 0) is 36.4 Å². The molecule has 20 heavy (non-hydrogen) atoms. The summed E-state index contributed by atoms with van der Waals surface area (Å²) >= 11 is 3.29. The lowest BCUT2D eigenvalue weighted by Crippen LogP contribution is -2.21. The third-order valence-electron chi connectivity index (χ3n) is 3.19. The Morgan fingerprint density at radius 3 is 2.75 bits per heavy atom. The highest BCUT2D eigenvalue weighted by atomic mass is 79.9. The summed E-state index contributed by atoms with van der Waals surface area (Å²) in [5.41, 5.74) is 0.519. The number of ether oxygens (including phenoxy) is 1. The number of ketones is 1. The third kappa shape index (κ3) is 2.33. The van der Waals surface area contributed by atoms with Gasteiger partial charge in [0.05, 0.1) is 12.0 Å². The van der Waals surface area contributed by atoms with Crippen LogP contribution < -0.4 is 4.74 Å². The lowest BCUT2D eigenvalue weighted by atomic mass is 9.96. The molecule has 0 saturated heterocycles. The average Bonchev–Trinajstić information content (AvgIpc) is 2.41. The van der Waals surface area contributed by atoms with E-state index in [1.165, 1.54) is 0 Å². The van der Waals surface area contributed by atoms with Crippen LogP contribution in [0.4, 0.5) is 8.78 Å². The van der Waals surface area contributed by atoms with Crippen molar-refractivity contribution in [1.29, 1.82) is 0 Å². The normalized spacial score (nSPS) is 17.6. The number of carbonyl (C=O) groups is 1. The number of hydrogen-bond acceptors (Lipinski definition) is 2. The first kappa shape index (κ1) is 13.2. The van der Waals surface area contributed by atoms with Gasteiger partial charge in [0.1, 0.15) is 23.5 Å². The minimum atomic E-state index is -0.806. The Balaban J connectivity index is 2.02. The molecule has 5 heteroatoms. The van der Waals surface area contributed by atoms with Crippen molar-refractivity contribution in [2.24, 2.45) is 0 Å². The zero-order valence-corrected chi connectivity index (χ0v) is 11.8. The SMILES string of the molecule is O=C1CC(c2cc(F)ccc2F)Oc2cc(Br)ccc21. The van der Waals surface area contributed by atoms with Crippen LogP contribution in [0.2, 0.25) is 0 Å². The fourth-order valence-electron chi connectivity index (χ4n) is 2.23. The summed E-state index contributed by atoms with van der Waals surface area (Å²) in [5, 5.41) is 0. The zero-order chi connectivity index (χ0) is 14.3. The van der Waals surface area contributed by atoms with E-state index in [2.05, 4.69) is 15.9 Å². The smallest absolute Gasteiger partial charge is 0.170 e. The van der Waals surface area contributed by atoms with Crippen molar-refractivity contribution in [3.63, 3.8) is 0 Å². The molecule has 1 aliphatic heterocycles. The van der Waals surface area contributed by atoms with E-state index in [-0.39, 0.29) is 17.8 Å². The standard InChI is InChI=1S/C15H9BrF2O2/c16-8-1-3-10-13(19)7-15(20-14(10)5-8)11-6-9(17)2-4-12(11)18/h1-6,15H,7H2. The highest BCUT2D eigenvalue weighted by Gasteiger charge is 2.29.